The number of nitrogens with one attached hydrogen (secondary N) is 2. The lowest BCUT2D eigenvalue weighted by Gasteiger charge is -2.12. The zero-order valence-corrected chi connectivity index (χ0v) is 13.9. The average Bonchev–Trinajstić information content (AvgIpc) is 3.02. The van der Waals surface area contributed by atoms with Crippen molar-refractivity contribution in [2.75, 3.05) is 33.1 Å². The number of anilines is 1. The Bertz CT molecular complexity index is 711. The van der Waals surface area contributed by atoms with Gasteiger partial charge in [-0.15, -0.1) is 0 Å². The Morgan fingerprint density at radius 3 is 2.71 bits per heavy atom. The van der Waals surface area contributed by atoms with Gasteiger partial charge in [-0.3, -0.25) is 4.79 Å². The molecular formula is C17H21N2O5+. The van der Waals surface area contributed by atoms with E-state index in [-0.39, 0.29) is 18.2 Å². The number of benzene rings is 1. The number of carbonyl (C=O) groups excluding carboxylic acids is 2. The largest absolute Gasteiger partial charge is 0.497 e. The summed E-state index contributed by atoms with van der Waals surface area (Å²) in [7, 11) is 4.74. The summed E-state index contributed by atoms with van der Waals surface area (Å²) < 4.78 is 15.1. The van der Waals surface area contributed by atoms with Crippen LogP contribution in [0.25, 0.3) is 0 Å². The van der Waals surface area contributed by atoms with Crippen LogP contribution in [0, 0.1) is 0 Å². The lowest BCUT2D eigenvalue weighted by Crippen LogP contribution is -3.08. The lowest BCUT2D eigenvalue weighted by molar-refractivity contribution is -0.886. The van der Waals surface area contributed by atoms with Crippen molar-refractivity contribution in [1.29, 1.82) is 0 Å². The first-order chi connectivity index (χ1) is 11.5. The maximum absolute atomic E-state index is 12.1. The van der Waals surface area contributed by atoms with Crippen LogP contribution in [0.4, 0.5) is 5.69 Å². The van der Waals surface area contributed by atoms with Crippen LogP contribution in [0.1, 0.15) is 16.3 Å². The highest BCUT2D eigenvalue weighted by atomic mass is 16.5. The summed E-state index contributed by atoms with van der Waals surface area (Å²) in [6.45, 7) is 0.730. The Kier molecular flexibility index (Phi) is 5.97. The van der Waals surface area contributed by atoms with Crippen molar-refractivity contribution in [1.82, 2.24) is 0 Å². The molecule has 7 heteroatoms. The fourth-order valence-electron chi connectivity index (χ4n) is 2.22. The predicted molar refractivity (Wildman–Crippen MR) is 87.1 cm³/mol. The predicted octanol–water partition coefficient (Wildman–Crippen LogP) is 0.728. The molecule has 7 nitrogen and oxygen atoms in total. The summed E-state index contributed by atoms with van der Waals surface area (Å²) in [5, 5.41) is 2.82. The van der Waals surface area contributed by atoms with Gasteiger partial charge in [-0.25, -0.2) is 4.79 Å². The number of rotatable bonds is 7. The smallest absolute Gasteiger partial charge is 0.373 e. The molecule has 128 valence electrons. The third kappa shape index (κ3) is 4.85. The maximum atomic E-state index is 12.1. The van der Waals surface area contributed by atoms with Gasteiger partial charge < -0.3 is 24.1 Å². The van der Waals surface area contributed by atoms with E-state index in [9.17, 15) is 9.59 Å². The van der Waals surface area contributed by atoms with E-state index in [2.05, 4.69) is 10.1 Å². The number of furan rings is 1. The van der Waals surface area contributed by atoms with E-state index in [1.807, 2.05) is 19.2 Å². The number of amides is 1. The summed E-state index contributed by atoms with van der Waals surface area (Å²) >= 11 is 0. The molecule has 1 atom stereocenters. The van der Waals surface area contributed by atoms with E-state index in [0.717, 1.165) is 4.90 Å². The first-order valence-corrected chi connectivity index (χ1v) is 7.44. The molecule has 2 N–H and O–H groups in total. The number of likely N-dealkylation sites (N-methyl/N-ethyl adjacent to an activating group) is 1. The first kappa shape index (κ1) is 17.6. The molecule has 0 spiro atoms. The van der Waals surface area contributed by atoms with Gasteiger partial charge in [0.25, 0.3) is 5.91 Å². The van der Waals surface area contributed by atoms with Crippen LogP contribution in [0.5, 0.6) is 5.75 Å². The highest BCUT2D eigenvalue weighted by Crippen LogP contribution is 2.16. The SMILES string of the molecule is COC(=O)c1ccc(C[NH+](C)CC(=O)Nc2cccc(OC)c2)o1. The minimum atomic E-state index is -0.519. The molecule has 0 aliphatic heterocycles. The Hall–Kier alpha value is -2.80. The van der Waals surface area contributed by atoms with E-state index in [4.69, 9.17) is 9.15 Å². The van der Waals surface area contributed by atoms with Crippen molar-refractivity contribution in [3.05, 3.63) is 47.9 Å². The topological polar surface area (TPSA) is 82.2 Å². The second-order valence-corrected chi connectivity index (χ2v) is 5.35. The third-order valence-corrected chi connectivity index (χ3v) is 3.34. The van der Waals surface area contributed by atoms with Gasteiger partial charge in [0.05, 0.1) is 21.3 Å². The third-order valence-electron chi connectivity index (χ3n) is 3.34. The molecule has 1 aromatic carbocycles. The van der Waals surface area contributed by atoms with Crippen molar-refractivity contribution in [3.63, 3.8) is 0 Å². The first-order valence-electron chi connectivity index (χ1n) is 7.44. The molecule has 0 saturated heterocycles. The fourth-order valence-corrected chi connectivity index (χ4v) is 2.22. The van der Waals surface area contributed by atoms with Crippen LogP contribution < -0.4 is 15.0 Å². The van der Waals surface area contributed by atoms with E-state index in [1.165, 1.54) is 7.11 Å². The second kappa shape index (κ2) is 8.16. The van der Waals surface area contributed by atoms with Gasteiger partial charge >= 0.3 is 5.97 Å². The van der Waals surface area contributed by atoms with E-state index in [1.54, 1.807) is 31.4 Å². The normalized spacial score (nSPS) is 11.6. The zero-order valence-electron chi connectivity index (χ0n) is 13.9. The molecule has 2 rings (SSSR count). The molecule has 24 heavy (non-hydrogen) atoms. The molecule has 0 fully saturated rings. The van der Waals surface area contributed by atoms with Crippen molar-refractivity contribution in [3.8, 4) is 5.75 Å². The molecule has 0 saturated carbocycles. The molecule has 0 aliphatic carbocycles. The van der Waals surface area contributed by atoms with Gasteiger partial charge in [-0.05, 0) is 24.3 Å². The molecule has 0 radical (unpaired) electrons. The monoisotopic (exact) mass is 333 g/mol. The Labute approximate surface area is 140 Å². The average molecular weight is 333 g/mol. The summed E-state index contributed by atoms with van der Waals surface area (Å²) in [6, 6.07) is 10.4. The van der Waals surface area contributed by atoms with Crippen molar-refractivity contribution < 1.29 is 28.4 Å². The minimum absolute atomic E-state index is 0.125. The lowest BCUT2D eigenvalue weighted by atomic mass is 10.3. The van der Waals surface area contributed by atoms with Crippen molar-refractivity contribution >= 4 is 17.6 Å². The van der Waals surface area contributed by atoms with Crippen molar-refractivity contribution in [2.24, 2.45) is 0 Å². The van der Waals surface area contributed by atoms with Crippen LogP contribution in [0.2, 0.25) is 0 Å². The highest BCUT2D eigenvalue weighted by molar-refractivity contribution is 5.91. The highest BCUT2D eigenvalue weighted by Gasteiger charge is 2.16. The number of hydrogen-bond donors (Lipinski definition) is 2. The number of methoxy groups -OCH3 is 2. The number of esters is 1. The standard InChI is InChI=1S/C17H20N2O5/c1-19(10-14-7-8-15(24-14)17(21)23-3)11-16(20)18-12-5-4-6-13(9-12)22-2/h4-9H,10-11H2,1-3H3,(H,18,20)/p+1. The Morgan fingerprint density at radius 1 is 1.21 bits per heavy atom. The van der Waals surface area contributed by atoms with Crippen molar-refractivity contribution in [2.45, 2.75) is 6.54 Å². The fraction of sp³-hybridized carbons (Fsp3) is 0.294. The van der Waals surface area contributed by atoms with Gasteiger partial charge in [0, 0.05) is 11.8 Å². The molecule has 0 bridgehead atoms. The summed E-state index contributed by atoms with van der Waals surface area (Å²) in [4.78, 5) is 24.4. The maximum Gasteiger partial charge on any atom is 0.373 e. The molecule has 2 aromatic rings. The van der Waals surface area contributed by atoms with Crippen LogP contribution >= 0.6 is 0 Å². The summed E-state index contributed by atoms with van der Waals surface area (Å²) in [5.41, 5.74) is 0.679. The number of ether oxygens (including phenoxy) is 2. The summed E-state index contributed by atoms with van der Waals surface area (Å²) in [6.07, 6.45) is 0. The Balaban J connectivity index is 1.87. The molecule has 1 unspecified atom stereocenters. The number of carbonyl (C=O) groups is 2. The van der Waals surface area contributed by atoms with E-state index < -0.39 is 5.97 Å². The molecule has 1 heterocycles. The second-order valence-electron chi connectivity index (χ2n) is 5.35. The van der Waals surface area contributed by atoms with Gasteiger partial charge in [0.2, 0.25) is 5.76 Å². The Morgan fingerprint density at radius 2 is 2.00 bits per heavy atom. The van der Waals surface area contributed by atoms with Crippen LogP contribution in [0.15, 0.2) is 40.8 Å². The van der Waals surface area contributed by atoms with Crippen LogP contribution in [0.3, 0.4) is 0 Å². The minimum Gasteiger partial charge on any atom is -0.497 e. The van der Waals surface area contributed by atoms with Gasteiger partial charge in [0.1, 0.15) is 12.3 Å². The number of hydrogen-bond acceptors (Lipinski definition) is 5. The van der Waals surface area contributed by atoms with E-state index >= 15 is 0 Å². The zero-order chi connectivity index (χ0) is 17.5. The quantitative estimate of drug-likeness (QED) is 0.730. The summed E-state index contributed by atoms with van der Waals surface area (Å²) in [5.74, 6) is 0.804. The van der Waals surface area contributed by atoms with Crippen LogP contribution in [-0.4, -0.2) is 39.7 Å². The van der Waals surface area contributed by atoms with Gasteiger partial charge in [0.15, 0.2) is 12.3 Å². The molecular weight excluding hydrogens is 312 g/mol. The van der Waals surface area contributed by atoms with Gasteiger partial charge in [-0.1, -0.05) is 6.07 Å². The van der Waals surface area contributed by atoms with E-state index in [0.29, 0.717) is 23.7 Å². The van der Waals surface area contributed by atoms with Gasteiger partial charge in [-0.2, -0.15) is 0 Å². The van der Waals surface area contributed by atoms with Crippen LogP contribution in [-0.2, 0) is 16.1 Å². The molecule has 1 aromatic heterocycles. The molecule has 0 aliphatic rings. The molecule has 1 amide bonds. The number of quaternary nitrogens is 1.